The molecule has 1 saturated carbocycles. The predicted octanol–water partition coefficient (Wildman–Crippen LogP) is -0.577. The van der Waals surface area contributed by atoms with Crippen LogP contribution in [0.1, 0.15) is 23.1 Å². The first-order valence-corrected chi connectivity index (χ1v) is 10.1. The van der Waals surface area contributed by atoms with Gasteiger partial charge in [0.2, 0.25) is 5.78 Å². The van der Waals surface area contributed by atoms with E-state index in [0.717, 1.165) is 0 Å². The number of hydrogen-bond donors (Lipinski definition) is 6. The normalized spacial score (nSPS) is 29.7. The SMILES string of the molecule is CN(C)[C@@H]1C(=O)C(C(N)=O)=C(O)[C@@]2(O)C(=O)C3=C(O)c4c(ccc(CN)c4O)C[C@H]3C[C@@H]12. The molecule has 8 N–H and O–H groups in total. The van der Waals surface area contributed by atoms with E-state index in [1.807, 2.05) is 0 Å². The van der Waals surface area contributed by atoms with Gasteiger partial charge in [-0.2, -0.15) is 0 Å². The molecule has 1 amide bonds. The molecule has 1 aromatic carbocycles. The second kappa shape index (κ2) is 7.16. The number of carbonyl (C=O) groups excluding carboxylic acids is 3. The van der Waals surface area contributed by atoms with Gasteiger partial charge in [-0.3, -0.25) is 19.3 Å². The van der Waals surface area contributed by atoms with Gasteiger partial charge in [0.1, 0.15) is 22.8 Å². The van der Waals surface area contributed by atoms with E-state index in [1.54, 1.807) is 26.2 Å². The van der Waals surface area contributed by atoms with Gasteiger partial charge in [-0.05, 0) is 38.4 Å². The van der Waals surface area contributed by atoms with Crippen molar-refractivity contribution >= 4 is 23.2 Å². The number of nitrogens with two attached hydrogens (primary N) is 2. The van der Waals surface area contributed by atoms with Crippen LogP contribution in [0.15, 0.2) is 29.0 Å². The van der Waals surface area contributed by atoms with Crippen LogP contribution in [-0.4, -0.2) is 68.5 Å². The lowest BCUT2D eigenvalue weighted by Crippen LogP contribution is -2.65. The molecule has 170 valence electrons. The lowest BCUT2D eigenvalue weighted by Gasteiger charge is -2.50. The Balaban J connectivity index is 1.97. The molecule has 0 aliphatic heterocycles. The number of ketones is 2. The Morgan fingerprint density at radius 1 is 1.22 bits per heavy atom. The number of aliphatic hydroxyl groups is 3. The summed E-state index contributed by atoms with van der Waals surface area (Å²) >= 11 is 0. The van der Waals surface area contributed by atoms with Crippen LogP contribution in [0.3, 0.4) is 0 Å². The molecule has 0 bridgehead atoms. The third-order valence-electron chi connectivity index (χ3n) is 6.90. The van der Waals surface area contributed by atoms with Crippen molar-refractivity contribution in [3.8, 4) is 5.75 Å². The van der Waals surface area contributed by atoms with Crippen LogP contribution in [-0.2, 0) is 27.3 Å². The molecule has 4 rings (SSSR count). The molecule has 4 atom stereocenters. The van der Waals surface area contributed by atoms with Crippen molar-refractivity contribution in [1.82, 2.24) is 4.90 Å². The molecule has 32 heavy (non-hydrogen) atoms. The van der Waals surface area contributed by atoms with Crippen molar-refractivity contribution in [2.24, 2.45) is 23.3 Å². The van der Waals surface area contributed by atoms with Crippen LogP contribution in [0.4, 0.5) is 0 Å². The molecule has 0 aromatic heterocycles. The summed E-state index contributed by atoms with van der Waals surface area (Å²) in [4.78, 5) is 40.0. The number of carbonyl (C=O) groups is 3. The zero-order valence-electron chi connectivity index (χ0n) is 17.6. The first-order valence-electron chi connectivity index (χ1n) is 10.1. The van der Waals surface area contributed by atoms with E-state index >= 15 is 0 Å². The monoisotopic (exact) mass is 443 g/mol. The second-order valence-electron chi connectivity index (χ2n) is 8.77. The van der Waals surface area contributed by atoms with Gasteiger partial charge >= 0.3 is 0 Å². The van der Waals surface area contributed by atoms with E-state index in [2.05, 4.69) is 0 Å². The molecule has 0 unspecified atom stereocenters. The Kier molecular flexibility index (Phi) is 4.92. The topological polar surface area (TPSA) is 187 Å². The van der Waals surface area contributed by atoms with E-state index in [1.165, 1.54) is 4.90 Å². The number of aromatic hydroxyl groups is 1. The molecule has 0 heterocycles. The minimum atomic E-state index is -2.63. The highest BCUT2D eigenvalue weighted by atomic mass is 16.3. The fraction of sp³-hybridized carbons (Fsp3) is 0.409. The van der Waals surface area contributed by atoms with Crippen molar-refractivity contribution in [2.45, 2.75) is 31.0 Å². The van der Waals surface area contributed by atoms with Crippen molar-refractivity contribution in [3.63, 3.8) is 0 Å². The molecular formula is C22H25N3O7. The number of nitrogens with zero attached hydrogens (tertiary/aromatic N) is 1. The summed E-state index contributed by atoms with van der Waals surface area (Å²) in [6, 6.07) is 2.24. The lowest BCUT2D eigenvalue weighted by atomic mass is 9.57. The van der Waals surface area contributed by atoms with Crippen LogP contribution >= 0.6 is 0 Å². The number of hydrogen-bond acceptors (Lipinski definition) is 9. The van der Waals surface area contributed by atoms with E-state index in [9.17, 15) is 34.8 Å². The minimum Gasteiger partial charge on any atom is -0.508 e. The number of amides is 1. The van der Waals surface area contributed by atoms with Gasteiger partial charge < -0.3 is 31.9 Å². The highest BCUT2D eigenvalue weighted by molar-refractivity contribution is 6.24. The van der Waals surface area contributed by atoms with Crippen LogP contribution in [0, 0.1) is 11.8 Å². The Labute approximate surface area is 183 Å². The van der Waals surface area contributed by atoms with E-state index < -0.39 is 58.0 Å². The number of aliphatic hydroxyl groups excluding tert-OH is 2. The van der Waals surface area contributed by atoms with Crippen LogP contribution in [0.25, 0.3) is 5.76 Å². The number of phenolic OH excluding ortho intramolecular Hbond substituents is 1. The molecule has 3 aliphatic rings. The minimum absolute atomic E-state index is 0.00321. The number of likely N-dealkylation sites (N-methyl/N-ethyl adjacent to an activating group) is 1. The fourth-order valence-electron chi connectivity index (χ4n) is 5.43. The van der Waals surface area contributed by atoms with E-state index in [-0.39, 0.29) is 36.3 Å². The van der Waals surface area contributed by atoms with Gasteiger partial charge in [-0.1, -0.05) is 12.1 Å². The zero-order valence-corrected chi connectivity index (χ0v) is 17.6. The van der Waals surface area contributed by atoms with Crippen molar-refractivity contribution < 1.29 is 34.8 Å². The first-order chi connectivity index (χ1) is 15.0. The predicted molar refractivity (Wildman–Crippen MR) is 112 cm³/mol. The Morgan fingerprint density at radius 3 is 2.44 bits per heavy atom. The smallest absolute Gasteiger partial charge is 0.255 e. The van der Waals surface area contributed by atoms with Gasteiger partial charge in [0.25, 0.3) is 5.91 Å². The molecule has 10 heteroatoms. The average molecular weight is 443 g/mol. The third kappa shape index (κ3) is 2.66. The third-order valence-corrected chi connectivity index (χ3v) is 6.90. The van der Waals surface area contributed by atoms with Gasteiger partial charge in [0, 0.05) is 23.6 Å². The summed E-state index contributed by atoms with van der Waals surface area (Å²) < 4.78 is 0. The van der Waals surface area contributed by atoms with Crippen molar-refractivity contribution in [1.29, 1.82) is 0 Å². The van der Waals surface area contributed by atoms with Gasteiger partial charge in [0.05, 0.1) is 11.6 Å². The molecule has 1 aromatic rings. The zero-order chi connectivity index (χ0) is 23.7. The molecule has 3 aliphatic carbocycles. The molecule has 0 radical (unpaired) electrons. The largest absolute Gasteiger partial charge is 0.508 e. The molecule has 1 fully saturated rings. The number of primary amides is 1. The highest BCUT2D eigenvalue weighted by Gasteiger charge is 2.64. The van der Waals surface area contributed by atoms with E-state index in [4.69, 9.17) is 11.5 Å². The maximum absolute atomic E-state index is 13.6. The van der Waals surface area contributed by atoms with Gasteiger partial charge in [0.15, 0.2) is 11.4 Å². The van der Waals surface area contributed by atoms with Gasteiger partial charge in [-0.25, -0.2) is 0 Å². The Bertz CT molecular complexity index is 1140. The van der Waals surface area contributed by atoms with Crippen LogP contribution in [0.5, 0.6) is 5.75 Å². The summed E-state index contributed by atoms with van der Waals surface area (Å²) in [6.45, 7) is 0.00321. The van der Waals surface area contributed by atoms with Crippen molar-refractivity contribution in [2.75, 3.05) is 14.1 Å². The van der Waals surface area contributed by atoms with Crippen molar-refractivity contribution in [3.05, 3.63) is 45.7 Å². The lowest BCUT2D eigenvalue weighted by molar-refractivity contribution is -0.153. The molecule has 0 spiro atoms. The number of fused-ring (bicyclic) bond motifs is 3. The van der Waals surface area contributed by atoms with E-state index in [0.29, 0.717) is 11.1 Å². The summed E-state index contributed by atoms with van der Waals surface area (Å²) in [5.74, 6) is -6.63. The summed E-state index contributed by atoms with van der Waals surface area (Å²) in [6.07, 6.45) is 0.318. The fourth-order valence-corrected chi connectivity index (χ4v) is 5.43. The van der Waals surface area contributed by atoms with Crippen LogP contribution < -0.4 is 11.5 Å². The standard InChI is InChI=1S/C22H25N3O7/c1-25(2)15-11-6-10-5-8-3-4-9(7-23)16(26)12(8)17(27)13(10)19(29)22(11,32)20(30)14(18(15)28)21(24)31/h3-4,10-11,15,26-27,30,32H,5-7,23H2,1-2H3,(H2,24,31)/t10-,11-,15-,22-/m0/s1. The first kappa shape index (κ1) is 22.0. The quantitative estimate of drug-likeness (QED) is 0.332. The number of rotatable bonds is 3. The highest BCUT2D eigenvalue weighted by Crippen LogP contribution is 2.52. The maximum atomic E-state index is 13.6. The second-order valence-corrected chi connectivity index (χ2v) is 8.77. The summed E-state index contributed by atoms with van der Waals surface area (Å²) in [5, 5.41) is 43.8. The number of Topliss-reactive ketones (excluding diaryl/α,β-unsaturated/α-hetero) is 2. The molecular weight excluding hydrogens is 418 g/mol. The summed E-state index contributed by atoms with van der Waals surface area (Å²) in [7, 11) is 3.11. The molecule has 10 nitrogen and oxygen atoms in total. The molecule has 0 saturated heterocycles. The Hall–Kier alpha value is -3.21. The average Bonchev–Trinajstić information content (AvgIpc) is 2.70. The summed E-state index contributed by atoms with van der Waals surface area (Å²) in [5.41, 5.74) is 8.27. The number of phenols is 1. The van der Waals surface area contributed by atoms with Crippen LogP contribution in [0.2, 0.25) is 0 Å². The Morgan fingerprint density at radius 2 is 1.88 bits per heavy atom. The number of benzene rings is 1. The van der Waals surface area contributed by atoms with Gasteiger partial charge in [-0.15, -0.1) is 0 Å². The maximum Gasteiger partial charge on any atom is 0.255 e.